The summed E-state index contributed by atoms with van der Waals surface area (Å²) in [6.45, 7) is 4.19. The maximum atomic E-state index is 12.6. The lowest BCUT2D eigenvalue weighted by molar-refractivity contribution is -0.150. The number of aliphatic carboxylic acids is 1. The van der Waals surface area contributed by atoms with Crippen molar-refractivity contribution in [3.8, 4) is 0 Å². The molecule has 0 bridgehead atoms. The molecule has 0 saturated heterocycles. The van der Waals surface area contributed by atoms with E-state index in [2.05, 4.69) is 43.5 Å². The smallest absolute Gasteiger partial charge is 0.322 e. The molecule has 0 aromatic heterocycles. The van der Waals surface area contributed by atoms with Crippen molar-refractivity contribution in [2.24, 2.45) is 0 Å². The lowest BCUT2D eigenvalue weighted by atomic mass is 10.0. The van der Waals surface area contributed by atoms with E-state index < -0.39 is 5.97 Å². The Morgan fingerprint density at radius 3 is 1.62 bits per heavy atom. The number of hydrogen-bond acceptors (Lipinski definition) is 4. The van der Waals surface area contributed by atoms with Gasteiger partial charge in [-0.15, -0.1) is 0 Å². The Kier molecular flexibility index (Phi) is 33.1. The maximum absolute atomic E-state index is 12.6. The molecule has 45 heavy (non-hydrogen) atoms. The Balaban J connectivity index is 4.27. The SMILES string of the molecule is CCCCCCC/C=C\C/C=C\CCCC(CCCCCCCC(=O)NCC(=O)O)OC(=O)CCCCCCCCCCCC. The fraction of sp³-hybridized carbons (Fsp3) is 0.821. The molecule has 1 amide bonds. The molecule has 0 heterocycles. The number of carboxylic acid groups (broad SMARTS) is 1. The Labute approximate surface area is 277 Å². The van der Waals surface area contributed by atoms with Gasteiger partial charge < -0.3 is 15.2 Å². The minimum atomic E-state index is -1.02. The van der Waals surface area contributed by atoms with Gasteiger partial charge in [0.15, 0.2) is 0 Å². The molecule has 0 radical (unpaired) electrons. The lowest BCUT2D eigenvalue weighted by Crippen LogP contribution is -2.28. The van der Waals surface area contributed by atoms with Gasteiger partial charge in [-0.25, -0.2) is 0 Å². The molecule has 1 unspecified atom stereocenters. The predicted octanol–water partition coefficient (Wildman–Crippen LogP) is 11.2. The Bertz CT molecular complexity index is 748. The largest absolute Gasteiger partial charge is 0.480 e. The summed E-state index contributed by atoms with van der Waals surface area (Å²) in [5.74, 6) is -1.26. The summed E-state index contributed by atoms with van der Waals surface area (Å²) in [6, 6.07) is 0. The Morgan fingerprint density at radius 1 is 0.578 bits per heavy atom. The fourth-order valence-corrected chi connectivity index (χ4v) is 5.55. The van der Waals surface area contributed by atoms with Gasteiger partial charge in [-0.3, -0.25) is 14.4 Å². The molecular weight excluding hydrogens is 562 g/mol. The number of carboxylic acids is 1. The van der Waals surface area contributed by atoms with E-state index in [1.807, 2.05) is 0 Å². The van der Waals surface area contributed by atoms with E-state index in [-0.39, 0.29) is 24.5 Å². The molecule has 0 saturated carbocycles. The van der Waals surface area contributed by atoms with E-state index in [0.29, 0.717) is 12.8 Å². The van der Waals surface area contributed by atoms with Gasteiger partial charge in [-0.2, -0.15) is 0 Å². The summed E-state index contributed by atoms with van der Waals surface area (Å²) in [5.41, 5.74) is 0. The van der Waals surface area contributed by atoms with Crippen LogP contribution in [0.4, 0.5) is 0 Å². The molecule has 1 atom stereocenters. The van der Waals surface area contributed by atoms with Gasteiger partial charge in [-0.05, 0) is 64.2 Å². The number of allylic oxidation sites excluding steroid dienone is 4. The average Bonchev–Trinajstić information content (AvgIpc) is 3.02. The second-order valence-corrected chi connectivity index (χ2v) is 12.8. The topological polar surface area (TPSA) is 92.7 Å². The summed E-state index contributed by atoms with van der Waals surface area (Å²) >= 11 is 0. The molecule has 0 aliphatic heterocycles. The zero-order valence-corrected chi connectivity index (χ0v) is 29.5. The highest BCUT2D eigenvalue weighted by Crippen LogP contribution is 2.18. The highest BCUT2D eigenvalue weighted by Gasteiger charge is 2.14. The lowest BCUT2D eigenvalue weighted by Gasteiger charge is -2.18. The van der Waals surface area contributed by atoms with Gasteiger partial charge in [0.2, 0.25) is 5.91 Å². The Hall–Kier alpha value is -2.11. The Morgan fingerprint density at radius 2 is 1.04 bits per heavy atom. The van der Waals surface area contributed by atoms with Gasteiger partial charge in [0.25, 0.3) is 0 Å². The highest BCUT2D eigenvalue weighted by molar-refractivity contribution is 5.80. The molecule has 262 valence electrons. The highest BCUT2D eigenvalue weighted by atomic mass is 16.5. The van der Waals surface area contributed by atoms with Crippen LogP contribution in [0.2, 0.25) is 0 Å². The molecule has 0 fully saturated rings. The van der Waals surface area contributed by atoms with E-state index in [0.717, 1.165) is 77.0 Å². The van der Waals surface area contributed by atoms with Gasteiger partial charge in [-0.1, -0.05) is 141 Å². The van der Waals surface area contributed by atoms with Gasteiger partial charge in [0.1, 0.15) is 12.6 Å². The van der Waals surface area contributed by atoms with Crippen LogP contribution in [0.3, 0.4) is 0 Å². The van der Waals surface area contributed by atoms with Crippen molar-refractivity contribution >= 4 is 17.8 Å². The number of carbonyl (C=O) groups excluding carboxylic acids is 2. The van der Waals surface area contributed by atoms with Crippen LogP contribution in [-0.4, -0.2) is 35.6 Å². The van der Waals surface area contributed by atoms with Crippen LogP contribution in [0.1, 0.15) is 194 Å². The van der Waals surface area contributed by atoms with Gasteiger partial charge >= 0.3 is 11.9 Å². The number of rotatable bonds is 34. The van der Waals surface area contributed by atoms with Gasteiger partial charge in [0, 0.05) is 12.8 Å². The van der Waals surface area contributed by atoms with E-state index in [1.54, 1.807) is 0 Å². The van der Waals surface area contributed by atoms with E-state index in [9.17, 15) is 14.4 Å². The van der Waals surface area contributed by atoms with Crippen molar-refractivity contribution in [1.82, 2.24) is 5.32 Å². The predicted molar refractivity (Wildman–Crippen MR) is 189 cm³/mol. The van der Waals surface area contributed by atoms with Crippen LogP contribution < -0.4 is 5.32 Å². The van der Waals surface area contributed by atoms with Crippen molar-refractivity contribution in [3.63, 3.8) is 0 Å². The van der Waals surface area contributed by atoms with Crippen molar-refractivity contribution in [3.05, 3.63) is 24.3 Å². The van der Waals surface area contributed by atoms with E-state index in [4.69, 9.17) is 9.84 Å². The fourth-order valence-electron chi connectivity index (χ4n) is 5.55. The van der Waals surface area contributed by atoms with Crippen LogP contribution in [0.15, 0.2) is 24.3 Å². The van der Waals surface area contributed by atoms with Crippen molar-refractivity contribution in [2.45, 2.75) is 200 Å². The standard InChI is InChI=1S/C39H71NO5/c1-3-5-7-9-11-13-15-16-17-18-20-23-27-31-36(32-28-24-22-25-29-33-37(41)40-35-38(42)43)45-39(44)34-30-26-21-19-14-12-10-8-6-4-2/h15-16,18,20,36H,3-14,17,19,21-35H2,1-2H3,(H,40,41)(H,42,43)/b16-15-,20-18-. The molecule has 6 nitrogen and oxygen atoms in total. The number of esters is 1. The molecule has 0 aromatic rings. The summed E-state index contributed by atoms with van der Waals surface area (Å²) in [6.07, 6.45) is 40.0. The molecule has 0 aromatic carbocycles. The molecular formula is C39H71NO5. The molecule has 2 N–H and O–H groups in total. The normalized spacial score (nSPS) is 12.2. The number of hydrogen-bond donors (Lipinski definition) is 2. The zero-order valence-electron chi connectivity index (χ0n) is 29.5. The first kappa shape index (κ1) is 42.9. The van der Waals surface area contributed by atoms with E-state index in [1.165, 1.54) is 89.9 Å². The third-order valence-electron chi connectivity index (χ3n) is 8.38. The number of ether oxygens (including phenoxy) is 1. The molecule has 6 heteroatoms. The quantitative estimate of drug-likeness (QED) is 0.0418. The summed E-state index contributed by atoms with van der Waals surface area (Å²) in [4.78, 5) is 34.8. The first-order valence-corrected chi connectivity index (χ1v) is 19.0. The molecule has 0 rings (SSSR count). The second-order valence-electron chi connectivity index (χ2n) is 12.8. The zero-order chi connectivity index (χ0) is 33.1. The van der Waals surface area contributed by atoms with Crippen LogP contribution in [0.5, 0.6) is 0 Å². The second kappa shape index (κ2) is 34.8. The third-order valence-corrected chi connectivity index (χ3v) is 8.38. The minimum absolute atomic E-state index is 0.0107. The van der Waals surface area contributed by atoms with Crippen LogP contribution in [0, 0.1) is 0 Å². The monoisotopic (exact) mass is 634 g/mol. The van der Waals surface area contributed by atoms with Crippen LogP contribution in [0.25, 0.3) is 0 Å². The average molecular weight is 634 g/mol. The minimum Gasteiger partial charge on any atom is -0.480 e. The van der Waals surface area contributed by atoms with E-state index >= 15 is 0 Å². The number of unbranched alkanes of at least 4 members (excludes halogenated alkanes) is 19. The molecule has 0 spiro atoms. The molecule has 0 aliphatic rings. The number of amides is 1. The first-order valence-electron chi connectivity index (χ1n) is 19.0. The molecule has 0 aliphatic carbocycles. The van der Waals surface area contributed by atoms with Gasteiger partial charge in [0.05, 0.1) is 0 Å². The first-order chi connectivity index (χ1) is 22.0. The third kappa shape index (κ3) is 34.6. The summed E-state index contributed by atoms with van der Waals surface area (Å²) < 4.78 is 5.97. The number of nitrogens with one attached hydrogen (secondary N) is 1. The van der Waals surface area contributed by atoms with Crippen molar-refractivity contribution < 1.29 is 24.2 Å². The maximum Gasteiger partial charge on any atom is 0.322 e. The van der Waals surface area contributed by atoms with Crippen molar-refractivity contribution in [1.29, 1.82) is 0 Å². The van der Waals surface area contributed by atoms with Crippen molar-refractivity contribution in [2.75, 3.05) is 6.54 Å². The van der Waals surface area contributed by atoms with Crippen LogP contribution >= 0.6 is 0 Å². The summed E-state index contributed by atoms with van der Waals surface area (Å²) in [7, 11) is 0. The van der Waals surface area contributed by atoms with Crippen LogP contribution in [-0.2, 0) is 19.1 Å². The number of carbonyl (C=O) groups is 3. The summed E-state index contributed by atoms with van der Waals surface area (Å²) in [5, 5.41) is 11.1.